The summed E-state index contributed by atoms with van der Waals surface area (Å²) in [5.74, 6) is 0.288. The van der Waals surface area contributed by atoms with Crippen molar-refractivity contribution in [2.45, 2.75) is 26.3 Å². The van der Waals surface area contributed by atoms with Crippen molar-refractivity contribution < 1.29 is 8.42 Å². The first-order valence-corrected chi connectivity index (χ1v) is 10.2. The van der Waals surface area contributed by atoms with Crippen molar-refractivity contribution in [3.05, 3.63) is 33.8 Å². The van der Waals surface area contributed by atoms with E-state index in [0.29, 0.717) is 36.1 Å². The maximum atomic E-state index is 11.5. The Labute approximate surface area is 177 Å². The van der Waals surface area contributed by atoms with Gasteiger partial charge in [-0.2, -0.15) is 0 Å². The van der Waals surface area contributed by atoms with Crippen LogP contribution < -0.4 is 11.1 Å². The molecule has 0 aliphatic rings. The van der Waals surface area contributed by atoms with Crippen molar-refractivity contribution in [2.75, 3.05) is 25.9 Å². The van der Waals surface area contributed by atoms with Gasteiger partial charge in [-0.1, -0.05) is 36.2 Å². The summed E-state index contributed by atoms with van der Waals surface area (Å²) in [6.07, 6.45) is 1.80. The molecule has 1 atom stereocenters. The normalized spacial score (nSPS) is 13.4. The molecule has 6 nitrogen and oxygen atoms in total. The fourth-order valence-corrected chi connectivity index (χ4v) is 3.70. The van der Waals surface area contributed by atoms with Crippen LogP contribution in [0.4, 0.5) is 0 Å². The number of rotatable bonds is 8. The molecule has 1 unspecified atom stereocenters. The van der Waals surface area contributed by atoms with E-state index in [1.165, 1.54) is 10.6 Å². The van der Waals surface area contributed by atoms with Crippen LogP contribution in [0, 0.1) is 0 Å². The number of halogens is 3. The summed E-state index contributed by atoms with van der Waals surface area (Å²) in [7, 11) is -3.17. The molecule has 0 saturated carbocycles. The molecule has 0 bridgehead atoms. The SMILES string of the molecule is CCN(CCCN=C(N)NC(C)c1ccc(Cl)cc1Cl)S(C)(=O)=O.I. The van der Waals surface area contributed by atoms with E-state index in [1.54, 1.807) is 19.1 Å². The molecule has 0 aliphatic carbocycles. The first kappa shape index (κ1) is 24.7. The third-order valence-corrected chi connectivity index (χ3v) is 5.40. The Hall–Kier alpha value is -0.290. The highest BCUT2D eigenvalue weighted by Crippen LogP contribution is 2.25. The number of guanidine groups is 1. The van der Waals surface area contributed by atoms with Crippen LogP contribution >= 0.6 is 47.2 Å². The van der Waals surface area contributed by atoms with Crippen molar-refractivity contribution in [2.24, 2.45) is 10.7 Å². The highest BCUT2D eigenvalue weighted by Gasteiger charge is 2.13. The minimum Gasteiger partial charge on any atom is -0.370 e. The Morgan fingerprint density at radius 2 is 2.04 bits per heavy atom. The van der Waals surface area contributed by atoms with Gasteiger partial charge < -0.3 is 11.1 Å². The van der Waals surface area contributed by atoms with Gasteiger partial charge in [-0.15, -0.1) is 24.0 Å². The lowest BCUT2D eigenvalue weighted by Gasteiger charge is -2.18. The molecular formula is C15H25Cl2IN4O2S. The molecule has 3 N–H and O–H groups in total. The molecule has 0 fully saturated rings. The average molecular weight is 523 g/mol. The van der Waals surface area contributed by atoms with Crippen LogP contribution in [0.5, 0.6) is 0 Å². The van der Waals surface area contributed by atoms with Crippen LogP contribution in [0.25, 0.3) is 0 Å². The fraction of sp³-hybridized carbons (Fsp3) is 0.533. The zero-order valence-electron chi connectivity index (χ0n) is 14.5. The summed E-state index contributed by atoms with van der Waals surface area (Å²) in [6, 6.07) is 5.15. The van der Waals surface area contributed by atoms with Crippen molar-refractivity contribution in [1.29, 1.82) is 0 Å². The Bertz CT molecular complexity index is 686. The first-order chi connectivity index (χ1) is 11.1. The minimum absolute atomic E-state index is 0. The maximum Gasteiger partial charge on any atom is 0.211 e. The molecule has 1 rings (SSSR count). The lowest BCUT2D eigenvalue weighted by Crippen LogP contribution is -2.34. The van der Waals surface area contributed by atoms with Gasteiger partial charge in [0.1, 0.15) is 0 Å². The molecule has 25 heavy (non-hydrogen) atoms. The second-order valence-corrected chi connectivity index (χ2v) is 8.23. The van der Waals surface area contributed by atoms with E-state index in [4.69, 9.17) is 28.9 Å². The Kier molecular flexibility index (Phi) is 11.3. The quantitative estimate of drug-likeness (QED) is 0.237. The number of benzene rings is 1. The van der Waals surface area contributed by atoms with Gasteiger partial charge in [-0.05, 0) is 31.0 Å². The van der Waals surface area contributed by atoms with Gasteiger partial charge >= 0.3 is 0 Å². The molecule has 0 aliphatic heterocycles. The van der Waals surface area contributed by atoms with Crippen LogP contribution in [-0.2, 0) is 10.0 Å². The summed E-state index contributed by atoms with van der Waals surface area (Å²) in [6.45, 7) is 5.02. The summed E-state index contributed by atoms with van der Waals surface area (Å²) in [5, 5.41) is 4.19. The summed E-state index contributed by atoms with van der Waals surface area (Å²) >= 11 is 12.0. The molecule has 0 amide bonds. The standard InChI is InChI=1S/C15H24Cl2N4O2S.HI/c1-4-21(24(3,22)23)9-5-8-19-15(18)20-11(2)13-7-6-12(16)10-14(13)17;/h6-7,10-11H,4-5,8-9H2,1-3H3,(H3,18,19,20);1H. The summed E-state index contributed by atoms with van der Waals surface area (Å²) in [5.41, 5.74) is 6.73. The second kappa shape index (κ2) is 11.4. The molecule has 0 saturated heterocycles. The predicted octanol–water partition coefficient (Wildman–Crippen LogP) is 3.25. The Morgan fingerprint density at radius 1 is 1.40 bits per heavy atom. The fourth-order valence-electron chi connectivity index (χ4n) is 2.20. The number of hydrogen-bond acceptors (Lipinski definition) is 3. The molecule has 1 aromatic rings. The van der Waals surface area contributed by atoms with E-state index >= 15 is 0 Å². The average Bonchev–Trinajstić information content (AvgIpc) is 2.45. The molecular weight excluding hydrogens is 498 g/mol. The van der Waals surface area contributed by atoms with Gasteiger partial charge in [-0.25, -0.2) is 12.7 Å². The number of hydrogen-bond donors (Lipinski definition) is 2. The zero-order valence-corrected chi connectivity index (χ0v) is 19.2. The zero-order chi connectivity index (χ0) is 18.3. The number of nitrogens with two attached hydrogens (primary N) is 1. The number of nitrogens with zero attached hydrogens (tertiary/aromatic N) is 2. The van der Waals surface area contributed by atoms with Crippen molar-refractivity contribution in [3.63, 3.8) is 0 Å². The van der Waals surface area contributed by atoms with Crippen molar-refractivity contribution in [1.82, 2.24) is 9.62 Å². The van der Waals surface area contributed by atoms with E-state index in [2.05, 4.69) is 10.3 Å². The molecule has 0 aromatic heterocycles. The van der Waals surface area contributed by atoms with Gasteiger partial charge in [-0.3, -0.25) is 4.99 Å². The Balaban J connectivity index is 0.00000576. The summed E-state index contributed by atoms with van der Waals surface area (Å²) < 4.78 is 24.4. The summed E-state index contributed by atoms with van der Waals surface area (Å²) in [4.78, 5) is 4.22. The van der Waals surface area contributed by atoms with Crippen LogP contribution in [0.15, 0.2) is 23.2 Å². The minimum atomic E-state index is -3.17. The smallest absolute Gasteiger partial charge is 0.211 e. The van der Waals surface area contributed by atoms with E-state index in [0.717, 1.165) is 5.56 Å². The molecule has 0 spiro atoms. The Morgan fingerprint density at radius 3 is 2.56 bits per heavy atom. The van der Waals surface area contributed by atoms with Crippen molar-refractivity contribution >= 4 is 63.2 Å². The van der Waals surface area contributed by atoms with Crippen molar-refractivity contribution in [3.8, 4) is 0 Å². The van der Waals surface area contributed by atoms with Gasteiger partial charge in [0.2, 0.25) is 10.0 Å². The molecule has 1 aromatic carbocycles. The van der Waals surface area contributed by atoms with E-state index in [9.17, 15) is 8.42 Å². The predicted molar refractivity (Wildman–Crippen MR) is 117 cm³/mol. The molecule has 0 radical (unpaired) electrons. The van der Waals surface area contributed by atoms with Gasteiger partial charge in [0.05, 0.1) is 12.3 Å². The lowest BCUT2D eigenvalue weighted by molar-refractivity contribution is 0.427. The molecule has 10 heteroatoms. The number of sulfonamides is 1. The third-order valence-electron chi connectivity index (χ3n) is 3.46. The van der Waals surface area contributed by atoms with E-state index < -0.39 is 10.0 Å². The molecule has 144 valence electrons. The topological polar surface area (TPSA) is 87.8 Å². The van der Waals surface area contributed by atoms with Crippen LogP contribution in [0.1, 0.15) is 31.9 Å². The largest absolute Gasteiger partial charge is 0.370 e. The van der Waals surface area contributed by atoms with Crippen LogP contribution in [-0.4, -0.2) is 44.6 Å². The third kappa shape index (κ3) is 8.76. The highest BCUT2D eigenvalue weighted by molar-refractivity contribution is 14.0. The monoisotopic (exact) mass is 522 g/mol. The number of aliphatic imine (C=N–C) groups is 1. The maximum absolute atomic E-state index is 11.5. The highest BCUT2D eigenvalue weighted by atomic mass is 127. The van der Waals surface area contributed by atoms with Gasteiger partial charge in [0.15, 0.2) is 5.96 Å². The van der Waals surface area contributed by atoms with E-state index in [1.807, 2.05) is 13.0 Å². The molecule has 0 heterocycles. The van der Waals surface area contributed by atoms with E-state index in [-0.39, 0.29) is 36.0 Å². The second-order valence-electron chi connectivity index (χ2n) is 5.41. The van der Waals surface area contributed by atoms with Gasteiger partial charge in [0, 0.05) is 29.7 Å². The van der Waals surface area contributed by atoms with Crippen LogP contribution in [0.3, 0.4) is 0 Å². The lowest BCUT2D eigenvalue weighted by atomic mass is 10.1. The number of nitrogens with one attached hydrogen (secondary N) is 1. The first-order valence-electron chi connectivity index (χ1n) is 7.61. The van der Waals surface area contributed by atoms with Crippen LogP contribution in [0.2, 0.25) is 10.0 Å². The van der Waals surface area contributed by atoms with Gasteiger partial charge in [0.25, 0.3) is 0 Å².